The zero-order valence-corrected chi connectivity index (χ0v) is 13.2. The smallest absolute Gasteiger partial charge is 0.326 e. The van der Waals surface area contributed by atoms with Gasteiger partial charge in [0.1, 0.15) is 11.9 Å². The Morgan fingerprint density at radius 2 is 2.18 bits per heavy atom. The first-order valence-corrected chi connectivity index (χ1v) is 7.83. The van der Waals surface area contributed by atoms with Crippen LogP contribution in [-0.4, -0.2) is 52.5 Å². The fourth-order valence-corrected chi connectivity index (χ4v) is 2.84. The lowest BCUT2D eigenvalue weighted by molar-refractivity contribution is -0.141. The molecule has 0 radical (unpaired) electrons. The van der Waals surface area contributed by atoms with Gasteiger partial charge in [0.25, 0.3) is 5.91 Å². The van der Waals surface area contributed by atoms with Crippen LogP contribution in [0.1, 0.15) is 43.5 Å². The van der Waals surface area contributed by atoms with Crippen molar-refractivity contribution in [2.24, 2.45) is 0 Å². The highest BCUT2D eigenvalue weighted by atomic mass is 16.4. The molecule has 1 saturated heterocycles. The van der Waals surface area contributed by atoms with Crippen LogP contribution in [0.25, 0.3) is 0 Å². The lowest BCUT2D eigenvalue weighted by Crippen LogP contribution is -2.40. The van der Waals surface area contributed by atoms with Crippen LogP contribution in [0.4, 0.5) is 5.82 Å². The highest BCUT2D eigenvalue weighted by Gasteiger charge is 2.34. The van der Waals surface area contributed by atoms with Gasteiger partial charge in [-0.2, -0.15) is 0 Å². The monoisotopic (exact) mass is 305 g/mol. The first-order chi connectivity index (χ1) is 10.6. The van der Waals surface area contributed by atoms with Gasteiger partial charge in [-0.1, -0.05) is 6.92 Å². The maximum absolute atomic E-state index is 12.4. The summed E-state index contributed by atoms with van der Waals surface area (Å²) in [7, 11) is 0. The summed E-state index contributed by atoms with van der Waals surface area (Å²) in [4.78, 5) is 31.6. The topological polar surface area (TPSA) is 73.7 Å². The molecule has 0 unspecified atom stereocenters. The molecule has 0 aliphatic carbocycles. The number of nitrogens with zero attached hydrogens (tertiary/aromatic N) is 3. The van der Waals surface area contributed by atoms with E-state index in [0.29, 0.717) is 18.5 Å². The molecule has 1 aliphatic heterocycles. The van der Waals surface area contributed by atoms with Crippen LogP contribution in [0.2, 0.25) is 0 Å². The molecule has 0 saturated carbocycles. The fraction of sp³-hybridized carbons (Fsp3) is 0.562. The van der Waals surface area contributed by atoms with Gasteiger partial charge in [0.15, 0.2) is 0 Å². The van der Waals surface area contributed by atoms with E-state index in [4.69, 9.17) is 0 Å². The number of anilines is 1. The molecule has 6 heteroatoms. The second kappa shape index (κ2) is 7.24. The Kier molecular flexibility index (Phi) is 5.35. The summed E-state index contributed by atoms with van der Waals surface area (Å²) in [6, 6.07) is 2.86. The molecule has 22 heavy (non-hydrogen) atoms. The molecular weight excluding hydrogens is 282 g/mol. The summed E-state index contributed by atoms with van der Waals surface area (Å²) in [6.45, 7) is 6.46. The van der Waals surface area contributed by atoms with Crippen molar-refractivity contribution in [1.29, 1.82) is 0 Å². The second-order valence-electron chi connectivity index (χ2n) is 5.48. The van der Waals surface area contributed by atoms with Crippen LogP contribution in [0.5, 0.6) is 0 Å². The Hall–Kier alpha value is -2.11. The van der Waals surface area contributed by atoms with E-state index in [1.807, 2.05) is 6.07 Å². The number of amides is 1. The molecule has 2 rings (SSSR count). The number of hydrogen-bond donors (Lipinski definition) is 1. The van der Waals surface area contributed by atoms with Crippen molar-refractivity contribution in [2.45, 2.75) is 39.2 Å². The molecule has 6 nitrogen and oxygen atoms in total. The molecule has 1 atom stereocenters. The average molecular weight is 305 g/mol. The van der Waals surface area contributed by atoms with Crippen molar-refractivity contribution in [1.82, 2.24) is 9.88 Å². The average Bonchev–Trinajstić information content (AvgIpc) is 3.02. The molecule has 1 aliphatic rings. The van der Waals surface area contributed by atoms with Crippen LogP contribution < -0.4 is 4.90 Å². The molecule has 2 heterocycles. The molecule has 120 valence electrons. The van der Waals surface area contributed by atoms with Crippen LogP contribution in [0, 0.1) is 0 Å². The second-order valence-corrected chi connectivity index (χ2v) is 5.48. The fourth-order valence-electron chi connectivity index (χ4n) is 2.84. The number of aliphatic carboxylic acids is 1. The van der Waals surface area contributed by atoms with E-state index >= 15 is 0 Å². The number of likely N-dealkylation sites (tertiary alicyclic amines) is 1. The highest BCUT2D eigenvalue weighted by Crippen LogP contribution is 2.21. The minimum Gasteiger partial charge on any atom is -0.480 e. The van der Waals surface area contributed by atoms with Crippen LogP contribution in [0.15, 0.2) is 18.3 Å². The molecule has 1 aromatic rings. The Bertz CT molecular complexity index is 530. The number of carboxylic acid groups (broad SMARTS) is 1. The van der Waals surface area contributed by atoms with E-state index in [-0.39, 0.29) is 5.91 Å². The Morgan fingerprint density at radius 1 is 1.41 bits per heavy atom. The van der Waals surface area contributed by atoms with Gasteiger partial charge in [-0.25, -0.2) is 9.78 Å². The molecule has 1 amide bonds. The molecule has 0 spiro atoms. The van der Waals surface area contributed by atoms with E-state index in [9.17, 15) is 14.7 Å². The third-order valence-electron chi connectivity index (χ3n) is 3.99. The zero-order chi connectivity index (χ0) is 16.1. The van der Waals surface area contributed by atoms with Crippen LogP contribution in [0.3, 0.4) is 0 Å². The van der Waals surface area contributed by atoms with Gasteiger partial charge < -0.3 is 14.9 Å². The third kappa shape index (κ3) is 3.37. The summed E-state index contributed by atoms with van der Waals surface area (Å²) >= 11 is 0. The third-order valence-corrected chi connectivity index (χ3v) is 3.99. The highest BCUT2D eigenvalue weighted by molar-refractivity contribution is 5.96. The quantitative estimate of drug-likeness (QED) is 0.870. The first kappa shape index (κ1) is 16.3. The largest absolute Gasteiger partial charge is 0.480 e. The van der Waals surface area contributed by atoms with Gasteiger partial charge in [-0.15, -0.1) is 0 Å². The molecule has 0 bridgehead atoms. The predicted molar refractivity (Wildman–Crippen MR) is 84.1 cm³/mol. The SMILES string of the molecule is CCCN(CC)c1ccc(C(=O)N2CCC[C@@H]2C(=O)O)cn1. The van der Waals surface area contributed by atoms with Gasteiger partial charge in [0.05, 0.1) is 5.56 Å². The number of carbonyl (C=O) groups is 2. The predicted octanol–water partition coefficient (Wildman–Crippen LogP) is 2.01. The number of carboxylic acids is 1. The van der Waals surface area contributed by atoms with Crippen LogP contribution >= 0.6 is 0 Å². The lowest BCUT2D eigenvalue weighted by Gasteiger charge is -2.23. The molecule has 1 aromatic heterocycles. The Morgan fingerprint density at radius 3 is 2.73 bits per heavy atom. The van der Waals surface area contributed by atoms with E-state index in [0.717, 1.165) is 31.7 Å². The number of hydrogen-bond acceptors (Lipinski definition) is 4. The number of carbonyl (C=O) groups excluding carboxylic acids is 1. The minimum absolute atomic E-state index is 0.248. The maximum Gasteiger partial charge on any atom is 0.326 e. The number of rotatable bonds is 6. The van der Waals surface area contributed by atoms with Crippen molar-refractivity contribution < 1.29 is 14.7 Å². The van der Waals surface area contributed by atoms with E-state index in [1.165, 1.54) is 4.90 Å². The van der Waals surface area contributed by atoms with Crippen LogP contribution in [-0.2, 0) is 4.79 Å². The van der Waals surface area contributed by atoms with Crippen molar-refractivity contribution >= 4 is 17.7 Å². The summed E-state index contributed by atoms with van der Waals surface area (Å²) in [6.07, 6.45) is 3.83. The number of aromatic nitrogens is 1. The van der Waals surface area contributed by atoms with Crippen molar-refractivity contribution in [3.8, 4) is 0 Å². The minimum atomic E-state index is -0.935. The first-order valence-electron chi connectivity index (χ1n) is 7.83. The lowest BCUT2D eigenvalue weighted by atomic mass is 10.2. The summed E-state index contributed by atoms with van der Waals surface area (Å²) in [5.41, 5.74) is 0.449. The summed E-state index contributed by atoms with van der Waals surface area (Å²) in [5.74, 6) is -0.338. The summed E-state index contributed by atoms with van der Waals surface area (Å²) < 4.78 is 0. The van der Waals surface area contributed by atoms with E-state index in [1.54, 1.807) is 12.3 Å². The van der Waals surface area contributed by atoms with Gasteiger partial charge in [0.2, 0.25) is 0 Å². The van der Waals surface area contributed by atoms with Gasteiger partial charge in [-0.3, -0.25) is 4.79 Å². The molecule has 1 fully saturated rings. The Labute approximate surface area is 130 Å². The standard InChI is InChI=1S/C16H23N3O3/c1-3-9-18(4-2)14-8-7-12(11-17-14)15(20)19-10-5-6-13(19)16(21)22/h7-8,11,13H,3-6,9-10H2,1-2H3,(H,21,22)/t13-/m1/s1. The molecule has 1 N–H and O–H groups in total. The molecule has 0 aromatic carbocycles. The van der Waals surface area contributed by atoms with E-state index < -0.39 is 12.0 Å². The number of pyridine rings is 1. The molecular formula is C16H23N3O3. The summed E-state index contributed by atoms with van der Waals surface area (Å²) in [5, 5.41) is 9.17. The van der Waals surface area contributed by atoms with Crippen molar-refractivity contribution in [3.05, 3.63) is 23.9 Å². The van der Waals surface area contributed by atoms with Gasteiger partial charge in [0, 0.05) is 25.8 Å². The normalized spacial score (nSPS) is 17.5. The van der Waals surface area contributed by atoms with Gasteiger partial charge >= 0.3 is 5.97 Å². The maximum atomic E-state index is 12.4. The van der Waals surface area contributed by atoms with Crippen molar-refractivity contribution in [3.63, 3.8) is 0 Å². The zero-order valence-electron chi connectivity index (χ0n) is 13.2. The van der Waals surface area contributed by atoms with Gasteiger partial charge in [-0.05, 0) is 38.3 Å². The Balaban J connectivity index is 2.12. The van der Waals surface area contributed by atoms with Crippen molar-refractivity contribution in [2.75, 3.05) is 24.5 Å². The van der Waals surface area contributed by atoms with E-state index in [2.05, 4.69) is 23.7 Å².